The zero-order valence-corrected chi connectivity index (χ0v) is 13.5. The third kappa shape index (κ3) is 2.24. The molecule has 1 fully saturated rings. The molecule has 1 N–H and O–H groups in total. The summed E-state index contributed by atoms with van der Waals surface area (Å²) in [5, 5.41) is 8.08. The third-order valence-electron chi connectivity index (χ3n) is 4.85. The fourth-order valence-corrected chi connectivity index (χ4v) is 4.49. The third-order valence-corrected chi connectivity index (χ3v) is 6.06. The summed E-state index contributed by atoms with van der Waals surface area (Å²) in [6.07, 6.45) is 9.41. The Hall–Kier alpha value is -1.95. The van der Waals surface area contributed by atoms with Crippen LogP contribution in [0.15, 0.2) is 16.2 Å². The second kappa shape index (κ2) is 5.03. The molecule has 1 saturated carbocycles. The predicted molar refractivity (Wildman–Crippen MR) is 87.6 cm³/mol. The highest BCUT2D eigenvalue weighted by atomic mass is 32.1. The molecule has 0 saturated heterocycles. The lowest BCUT2D eigenvalue weighted by atomic mass is 9.93. The van der Waals surface area contributed by atoms with Crippen molar-refractivity contribution >= 4 is 22.2 Å². The Balaban J connectivity index is 1.49. The van der Waals surface area contributed by atoms with Crippen LogP contribution in [-0.4, -0.2) is 16.0 Å². The van der Waals surface area contributed by atoms with Crippen LogP contribution in [0.25, 0.3) is 11.5 Å². The van der Waals surface area contributed by atoms with Crippen molar-refractivity contribution in [3.63, 3.8) is 0 Å². The lowest BCUT2D eigenvalue weighted by Crippen LogP contribution is -2.13. The summed E-state index contributed by atoms with van der Waals surface area (Å²) in [7, 11) is 0. The molecule has 5 rings (SSSR count). The highest BCUT2D eigenvalue weighted by Gasteiger charge is 2.33. The van der Waals surface area contributed by atoms with Gasteiger partial charge in [-0.2, -0.15) is 4.98 Å². The summed E-state index contributed by atoms with van der Waals surface area (Å²) >= 11 is 1.66. The van der Waals surface area contributed by atoms with Crippen molar-refractivity contribution in [1.82, 2.24) is 10.1 Å². The number of anilines is 1. The highest BCUT2D eigenvalue weighted by molar-refractivity contribution is 7.17. The Morgan fingerprint density at radius 3 is 2.91 bits per heavy atom. The molecule has 2 aromatic rings. The first-order chi connectivity index (χ1) is 11.3. The largest absolute Gasteiger partial charge is 0.334 e. The second-order valence-electron chi connectivity index (χ2n) is 6.52. The first-order valence-corrected chi connectivity index (χ1v) is 9.10. The number of rotatable bonds is 4. The zero-order chi connectivity index (χ0) is 15.4. The number of aromatic nitrogens is 2. The number of nitrogens with zero attached hydrogens (tertiary/aromatic N) is 2. The molecule has 6 heteroatoms. The number of aryl methyl sites for hydroxylation is 1. The fourth-order valence-electron chi connectivity index (χ4n) is 3.26. The van der Waals surface area contributed by atoms with E-state index in [0.29, 0.717) is 11.8 Å². The average Bonchev–Trinajstić information content (AvgIpc) is 2.98. The molecule has 2 aromatic heterocycles. The van der Waals surface area contributed by atoms with Crippen molar-refractivity contribution in [3.05, 3.63) is 27.9 Å². The van der Waals surface area contributed by atoms with E-state index in [9.17, 15) is 4.79 Å². The Labute approximate surface area is 137 Å². The van der Waals surface area contributed by atoms with E-state index in [2.05, 4.69) is 15.5 Å². The monoisotopic (exact) mass is 327 g/mol. The Morgan fingerprint density at radius 2 is 2.22 bits per heavy atom. The van der Waals surface area contributed by atoms with Crippen LogP contribution in [0.3, 0.4) is 0 Å². The predicted octanol–water partition coefficient (Wildman–Crippen LogP) is 3.82. The first-order valence-electron chi connectivity index (χ1n) is 8.28. The Kier molecular flexibility index (Phi) is 2.95. The SMILES string of the molecule is O=C(Nc1sc2c(c1-c1nc(C3CC3)no1)CC2)C1=CCCC1. The smallest absolute Gasteiger partial charge is 0.261 e. The van der Waals surface area contributed by atoms with Crippen LogP contribution in [0.1, 0.15) is 54.3 Å². The number of amides is 1. The van der Waals surface area contributed by atoms with E-state index in [4.69, 9.17) is 4.52 Å². The molecule has 3 aliphatic rings. The molecule has 0 atom stereocenters. The summed E-state index contributed by atoms with van der Waals surface area (Å²) in [5.74, 6) is 1.88. The molecular weight excluding hydrogens is 310 g/mol. The quantitative estimate of drug-likeness (QED) is 0.927. The molecule has 1 amide bonds. The van der Waals surface area contributed by atoms with Crippen LogP contribution in [-0.2, 0) is 17.6 Å². The minimum absolute atomic E-state index is 0.0203. The van der Waals surface area contributed by atoms with Gasteiger partial charge in [-0.15, -0.1) is 11.3 Å². The number of hydrogen-bond acceptors (Lipinski definition) is 5. The topological polar surface area (TPSA) is 68.0 Å². The molecule has 0 unspecified atom stereocenters. The maximum atomic E-state index is 12.4. The molecule has 23 heavy (non-hydrogen) atoms. The van der Waals surface area contributed by atoms with Crippen molar-refractivity contribution in [2.24, 2.45) is 0 Å². The molecule has 0 radical (unpaired) electrons. The van der Waals surface area contributed by atoms with E-state index in [-0.39, 0.29) is 5.91 Å². The number of carbonyl (C=O) groups is 1. The maximum Gasteiger partial charge on any atom is 0.261 e. The summed E-state index contributed by atoms with van der Waals surface area (Å²) in [5.41, 5.74) is 3.13. The summed E-state index contributed by atoms with van der Waals surface area (Å²) in [6, 6.07) is 0. The molecule has 5 nitrogen and oxygen atoms in total. The van der Waals surface area contributed by atoms with E-state index < -0.39 is 0 Å². The molecule has 0 aromatic carbocycles. The molecule has 0 aliphatic heterocycles. The van der Waals surface area contributed by atoms with Gasteiger partial charge in [0.1, 0.15) is 5.00 Å². The normalized spacial score (nSPS) is 19.2. The second-order valence-corrected chi connectivity index (χ2v) is 7.62. The summed E-state index contributed by atoms with van der Waals surface area (Å²) in [6.45, 7) is 0. The van der Waals surface area contributed by atoms with Crippen LogP contribution in [0, 0.1) is 0 Å². The van der Waals surface area contributed by atoms with E-state index in [1.165, 1.54) is 10.4 Å². The lowest BCUT2D eigenvalue weighted by molar-refractivity contribution is -0.112. The van der Waals surface area contributed by atoms with E-state index in [0.717, 1.165) is 66.9 Å². The fraction of sp³-hybridized carbons (Fsp3) is 0.471. The van der Waals surface area contributed by atoms with Gasteiger partial charge in [-0.25, -0.2) is 0 Å². The molecule has 0 bridgehead atoms. The summed E-state index contributed by atoms with van der Waals surface area (Å²) in [4.78, 5) is 18.3. The van der Waals surface area contributed by atoms with Crippen molar-refractivity contribution < 1.29 is 9.32 Å². The molecule has 3 aliphatic carbocycles. The molecule has 2 heterocycles. The van der Waals surface area contributed by atoms with E-state index in [1.54, 1.807) is 11.3 Å². The van der Waals surface area contributed by atoms with Gasteiger partial charge in [0.15, 0.2) is 5.82 Å². The van der Waals surface area contributed by atoms with Gasteiger partial charge in [0.2, 0.25) is 0 Å². The van der Waals surface area contributed by atoms with Gasteiger partial charge in [-0.1, -0.05) is 11.2 Å². The van der Waals surface area contributed by atoms with Crippen LogP contribution in [0.2, 0.25) is 0 Å². The maximum absolute atomic E-state index is 12.4. The van der Waals surface area contributed by atoms with Crippen LogP contribution in [0.4, 0.5) is 5.00 Å². The number of allylic oxidation sites excluding steroid dienone is 1. The standard InChI is InChI=1S/C17H17N3O2S/c21-15(10-3-1-2-4-10)19-17-13(11-7-8-12(11)23-17)16-18-14(20-22-16)9-5-6-9/h3,9H,1-2,4-8H2,(H,19,21). The van der Waals surface area contributed by atoms with Crippen molar-refractivity contribution in [1.29, 1.82) is 0 Å². The summed E-state index contributed by atoms with van der Waals surface area (Å²) < 4.78 is 5.51. The van der Waals surface area contributed by atoms with Crippen molar-refractivity contribution in [2.45, 2.75) is 50.9 Å². The number of carbonyl (C=O) groups excluding carboxylic acids is 1. The van der Waals surface area contributed by atoms with Gasteiger partial charge in [0, 0.05) is 16.4 Å². The average molecular weight is 327 g/mol. The Morgan fingerprint density at radius 1 is 1.30 bits per heavy atom. The van der Waals surface area contributed by atoms with Crippen LogP contribution < -0.4 is 5.32 Å². The van der Waals surface area contributed by atoms with Gasteiger partial charge in [-0.3, -0.25) is 4.79 Å². The van der Waals surface area contributed by atoms with Gasteiger partial charge in [0.05, 0.1) is 5.56 Å². The van der Waals surface area contributed by atoms with Gasteiger partial charge in [-0.05, 0) is 50.5 Å². The van der Waals surface area contributed by atoms with E-state index in [1.807, 2.05) is 6.08 Å². The lowest BCUT2D eigenvalue weighted by Gasteiger charge is -2.12. The van der Waals surface area contributed by atoms with Crippen molar-refractivity contribution in [2.75, 3.05) is 5.32 Å². The first kappa shape index (κ1) is 13.5. The van der Waals surface area contributed by atoms with Gasteiger partial charge < -0.3 is 9.84 Å². The molecule has 0 spiro atoms. The highest BCUT2D eigenvalue weighted by Crippen LogP contribution is 2.47. The number of thiophene rings is 1. The van der Waals surface area contributed by atoms with Crippen molar-refractivity contribution in [3.8, 4) is 11.5 Å². The molecular formula is C17H17N3O2S. The van der Waals surface area contributed by atoms with Crippen LogP contribution >= 0.6 is 11.3 Å². The minimum Gasteiger partial charge on any atom is -0.334 e. The van der Waals surface area contributed by atoms with Gasteiger partial charge >= 0.3 is 0 Å². The number of fused-ring (bicyclic) bond motifs is 1. The van der Waals surface area contributed by atoms with E-state index >= 15 is 0 Å². The molecule has 118 valence electrons. The van der Waals surface area contributed by atoms with Crippen LogP contribution in [0.5, 0.6) is 0 Å². The Bertz CT molecular complexity index is 829. The number of hydrogen-bond donors (Lipinski definition) is 1. The minimum atomic E-state index is 0.0203. The number of nitrogens with one attached hydrogen (secondary N) is 1. The zero-order valence-electron chi connectivity index (χ0n) is 12.7. The van der Waals surface area contributed by atoms with Gasteiger partial charge in [0.25, 0.3) is 11.8 Å².